The first-order valence-electron chi connectivity index (χ1n) is 7.90. The molecule has 0 aromatic carbocycles. The first kappa shape index (κ1) is 19.0. The van der Waals surface area contributed by atoms with Gasteiger partial charge in [0.15, 0.2) is 0 Å². The van der Waals surface area contributed by atoms with Gasteiger partial charge in [0.25, 0.3) is 0 Å². The number of amides is 1. The maximum Gasteiger partial charge on any atom is 0.227 e. The molecule has 1 saturated carbocycles. The fourth-order valence-corrected chi connectivity index (χ4v) is 4.18. The number of piperazine rings is 1. The molecule has 2 saturated heterocycles. The third-order valence-corrected chi connectivity index (χ3v) is 5.45. The van der Waals surface area contributed by atoms with E-state index in [0.29, 0.717) is 11.9 Å². The van der Waals surface area contributed by atoms with Crippen molar-refractivity contribution in [2.75, 3.05) is 26.2 Å². The molecule has 1 aliphatic carbocycles. The van der Waals surface area contributed by atoms with Gasteiger partial charge in [-0.25, -0.2) is 0 Å². The Balaban J connectivity index is 0.00000110. The average molecular weight is 338 g/mol. The summed E-state index contributed by atoms with van der Waals surface area (Å²) < 4.78 is 0. The molecule has 0 aromatic heterocycles. The molecule has 3 unspecified atom stereocenters. The molecule has 0 radical (unpaired) electrons. The topological polar surface area (TPSA) is 49.6 Å². The zero-order chi connectivity index (χ0) is 13.5. The van der Waals surface area contributed by atoms with Crippen LogP contribution in [0, 0.1) is 5.92 Å². The first-order chi connectivity index (χ1) is 9.08. The summed E-state index contributed by atoms with van der Waals surface area (Å²) in [5.41, 5.74) is 6.09. The lowest BCUT2D eigenvalue weighted by Gasteiger charge is -2.43. The largest absolute Gasteiger partial charge is 0.340 e. The van der Waals surface area contributed by atoms with E-state index in [1.54, 1.807) is 0 Å². The maximum atomic E-state index is 12.8. The average Bonchev–Trinajstić information content (AvgIpc) is 2.84. The number of rotatable bonds is 1. The fraction of sp³-hybridized carbons (Fsp3) is 0.933. The molecule has 0 spiro atoms. The second-order valence-electron chi connectivity index (χ2n) is 6.92. The highest BCUT2D eigenvalue weighted by Crippen LogP contribution is 2.34. The summed E-state index contributed by atoms with van der Waals surface area (Å²) in [5.74, 6) is 0.380. The second-order valence-corrected chi connectivity index (χ2v) is 6.92. The molecular formula is C15H29Cl2N3O. The lowest BCUT2D eigenvalue weighted by Crippen LogP contribution is -2.58. The van der Waals surface area contributed by atoms with E-state index in [2.05, 4.69) is 16.7 Å². The van der Waals surface area contributed by atoms with Crippen molar-refractivity contribution in [2.45, 2.75) is 57.0 Å². The Morgan fingerprint density at radius 2 is 1.86 bits per heavy atom. The Morgan fingerprint density at radius 1 is 1.10 bits per heavy atom. The van der Waals surface area contributed by atoms with Gasteiger partial charge in [0.05, 0.1) is 5.92 Å². The summed E-state index contributed by atoms with van der Waals surface area (Å²) in [6, 6.07) is 0.616. The van der Waals surface area contributed by atoms with Crippen LogP contribution in [0.2, 0.25) is 0 Å². The lowest BCUT2D eigenvalue weighted by atomic mass is 9.74. The van der Waals surface area contributed by atoms with Crippen LogP contribution in [0.3, 0.4) is 0 Å². The van der Waals surface area contributed by atoms with Gasteiger partial charge in [-0.05, 0) is 39.2 Å². The van der Waals surface area contributed by atoms with Crippen LogP contribution in [0.5, 0.6) is 0 Å². The summed E-state index contributed by atoms with van der Waals surface area (Å²) in [4.78, 5) is 17.4. The Labute approximate surface area is 140 Å². The number of hydrogen-bond acceptors (Lipinski definition) is 3. The summed E-state index contributed by atoms with van der Waals surface area (Å²) >= 11 is 0. The highest BCUT2D eigenvalue weighted by Gasteiger charge is 2.42. The van der Waals surface area contributed by atoms with Gasteiger partial charge < -0.3 is 10.6 Å². The van der Waals surface area contributed by atoms with Crippen LogP contribution in [0.4, 0.5) is 0 Å². The number of nitrogens with zero attached hydrogens (tertiary/aromatic N) is 2. The molecule has 3 aliphatic rings. The van der Waals surface area contributed by atoms with E-state index in [-0.39, 0.29) is 36.3 Å². The number of hydrogen-bond donors (Lipinski definition) is 1. The van der Waals surface area contributed by atoms with Crippen molar-refractivity contribution in [1.29, 1.82) is 0 Å². The molecule has 4 nitrogen and oxygen atoms in total. The van der Waals surface area contributed by atoms with E-state index in [1.165, 1.54) is 25.8 Å². The summed E-state index contributed by atoms with van der Waals surface area (Å²) in [7, 11) is 0. The van der Waals surface area contributed by atoms with Gasteiger partial charge in [0.1, 0.15) is 0 Å². The van der Waals surface area contributed by atoms with Crippen LogP contribution in [0.1, 0.15) is 45.4 Å². The van der Waals surface area contributed by atoms with Crippen molar-refractivity contribution in [3.8, 4) is 0 Å². The number of nitrogens with two attached hydrogens (primary N) is 1. The molecular weight excluding hydrogens is 309 g/mol. The van der Waals surface area contributed by atoms with E-state index >= 15 is 0 Å². The van der Waals surface area contributed by atoms with E-state index in [0.717, 1.165) is 38.9 Å². The van der Waals surface area contributed by atoms with Crippen LogP contribution in [-0.4, -0.2) is 53.5 Å². The third-order valence-electron chi connectivity index (χ3n) is 5.45. The van der Waals surface area contributed by atoms with Crippen LogP contribution in [-0.2, 0) is 4.79 Å². The molecule has 21 heavy (non-hydrogen) atoms. The smallest absolute Gasteiger partial charge is 0.227 e. The van der Waals surface area contributed by atoms with Gasteiger partial charge in [0.2, 0.25) is 5.91 Å². The number of carbonyl (C=O) groups is 1. The van der Waals surface area contributed by atoms with Crippen molar-refractivity contribution >= 4 is 30.7 Å². The van der Waals surface area contributed by atoms with E-state index in [4.69, 9.17) is 5.73 Å². The minimum Gasteiger partial charge on any atom is -0.340 e. The third kappa shape index (κ3) is 3.84. The lowest BCUT2D eigenvalue weighted by molar-refractivity contribution is -0.141. The molecule has 3 fully saturated rings. The van der Waals surface area contributed by atoms with E-state index in [9.17, 15) is 4.79 Å². The first-order valence-corrected chi connectivity index (χ1v) is 7.90. The van der Waals surface area contributed by atoms with Gasteiger partial charge in [-0.2, -0.15) is 0 Å². The predicted octanol–water partition coefficient (Wildman–Crippen LogP) is 2.04. The van der Waals surface area contributed by atoms with Crippen LogP contribution >= 0.6 is 24.8 Å². The Kier molecular flexibility index (Phi) is 6.79. The van der Waals surface area contributed by atoms with Crippen LogP contribution in [0.15, 0.2) is 0 Å². The van der Waals surface area contributed by atoms with E-state index in [1.807, 2.05) is 0 Å². The molecule has 1 amide bonds. The summed E-state index contributed by atoms with van der Waals surface area (Å²) in [6.07, 6.45) is 6.86. The van der Waals surface area contributed by atoms with Gasteiger partial charge >= 0.3 is 0 Å². The highest BCUT2D eigenvalue weighted by atomic mass is 35.5. The monoisotopic (exact) mass is 337 g/mol. The van der Waals surface area contributed by atoms with Crippen LogP contribution in [0.25, 0.3) is 0 Å². The maximum absolute atomic E-state index is 12.8. The molecule has 0 aromatic rings. The van der Waals surface area contributed by atoms with Gasteiger partial charge in [-0.3, -0.25) is 9.69 Å². The minimum absolute atomic E-state index is 0. The zero-order valence-electron chi connectivity index (χ0n) is 12.9. The van der Waals surface area contributed by atoms with Crippen molar-refractivity contribution < 1.29 is 4.79 Å². The zero-order valence-corrected chi connectivity index (χ0v) is 14.6. The molecule has 2 heterocycles. The number of fused-ring (bicyclic) bond motifs is 1. The SMILES string of the molecule is CC1(N)CCCCC1C(=O)N1CCN2CCCC2C1.Cl.Cl. The summed E-state index contributed by atoms with van der Waals surface area (Å²) in [6.45, 7) is 6.20. The molecule has 2 N–H and O–H groups in total. The van der Waals surface area contributed by atoms with Crippen molar-refractivity contribution in [3.63, 3.8) is 0 Å². The summed E-state index contributed by atoms with van der Waals surface area (Å²) in [5, 5.41) is 0. The molecule has 6 heteroatoms. The molecule has 3 atom stereocenters. The highest BCUT2D eigenvalue weighted by molar-refractivity contribution is 5.85. The van der Waals surface area contributed by atoms with Gasteiger partial charge in [0, 0.05) is 31.2 Å². The Hall–Kier alpha value is -0.0300. The van der Waals surface area contributed by atoms with E-state index < -0.39 is 0 Å². The molecule has 0 bridgehead atoms. The van der Waals surface area contributed by atoms with Crippen molar-refractivity contribution in [3.05, 3.63) is 0 Å². The molecule has 2 aliphatic heterocycles. The second kappa shape index (κ2) is 7.49. The Bertz CT molecular complexity index is 365. The predicted molar refractivity (Wildman–Crippen MR) is 90.2 cm³/mol. The van der Waals surface area contributed by atoms with Crippen molar-refractivity contribution in [1.82, 2.24) is 9.80 Å². The number of carbonyl (C=O) groups excluding carboxylic acids is 1. The van der Waals surface area contributed by atoms with Gasteiger partial charge in [-0.15, -0.1) is 24.8 Å². The van der Waals surface area contributed by atoms with Crippen molar-refractivity contribution in [2.24, 2.45) is 11.7 Å². The van der Waals surface area contributed by atoms with Gasteiger partial charge in [-0.1, -0.05) is 12.8 Å². The number of halogens is 2. The Morgan fingerprint density at radius 3 is 2.57 bits per heavy atom. The standard InChI is InChI=1S/C15H27N3O.2ClH/c1-15(16)7-3-2-6-13(15)14(19)18-10-9-17-8-4-5-12(17)11-18;;/h12-13H,2-11,16H2,1H3;2*1H. The quantitative estimate of drug-likeness (QED) is 0.796. The molecule has 3 rings (SSSR count). The van der Waals surface area contributed by atoms with Crippen LogP contribution < -0.4 is 5.73 Å². The fourth-order valence-electron chi connectivity index (χ4n) is 4.18. The normalized spacial score (nSPS) is 36.4. The minimum atomic E-state index is -0.290. The molecule has 124 valence electrons.